The Morgan fingerprint density at radius 3 is 2.22 bits per heavy atom. The zero-order valence-electron chi connectivity index (χ0n) is 13.5. The molecular formula is C18H23N3O2. The Kier molecular flexibility index (Phi) is 6.00. The van der Waals surface area contributed by atoms with Gasteiger partial charge in [0, 0.05) is 44.1 Å². The lowest BCUT2D eigenvalue weighted by atomic mass is 10.2. The Bertz CT molecular complexity index is 624. The van der Waals surface area contributed by atoms with Crippen molar-refractivity contribution in [3.05, 3.63) is 54.1 Å². The van der Waals surface area contributed by atoms with Gasteiger partial charge in [-0.05, 0) is 42.0 Å². The third kappa shape index (κ3) is 5.30. The third-order valence-electron chi connectivity index (χ3n) is 3.51. The number of aliphatic hydroxyl groups excluding tert-OH is 1. The summed E-state index contributed by atoms with van der Waals surface area (Å²) < 4.78 is 0. The minimum atomic E-state index is -0.0675. The van der Waals surface area contributed by atoms with Crippen molar-refractivity contribution in [2.24, 2.45) is 0 Å². The lowest BCUT2D eigenvalue weighted by Gasteiger charge is -2.18. The van der Waals surface area contributed by atoms with Crippen LogP contribution in [0.3, 0.4) is 0 Å². The van der Waals surface area contributed by atoms with E-state index in [4.69, 9.17) is 5.11 Å². The summed E-state index contributed by atoms with van der Waals surface area (Å²) in [5.41, 5.74) is 4.06. The van der Waals surface area contributed by atoms with Gasteiger partial charge in [-0.1, -0.05) is 12.1 Å². The van der Waals surface area contributed by atoms with Crippen LogP contribution in [0.4, 0.5) is 17.1 Å². The number of likely N-dealkylation sites (N-methyl/N-ethyl adjacent to an activating group) is 1. The fraction of sp³-hybridized carbons (Fsp3) is 0.278. The topological polar surface area (TPSA) is 64.6 Å². The zero-order valence-corrected chi connectivity index (χ0v) is 13.5. The van der Waals surface area contributed by atoms with Gasteiger partial charge in [0.25, 0.3) is 0 Å². The second-order valence-corrected chi connectivity index (χ2v) is 5.42. The van der Waals surface area contributed by atoms with E-state index in [0.717, 1.165) is 22.6 Å². The van der Waals surface area contributed by atoms with Crippen molar-refractivity contribution >= 4 is 23.0 Å². The number of rotatable bonds is 7. The predicted octanol–water partition coefficient (Wildman–Crippen LogP) is 2.69. The fourth-order valence-electron chi connectivity index (χ4n) is 2.23. The Labute approximate surface area is 136 Å². The Morgan fingerprint density at radius 1 is 1.04 bits per heavy atom. The molecule has 0 radical (unpaired) electrons. The number of carbonyl (C=O) groups excluding carboxylic acids is 1. The number of aliphatic hydroxyl groups is 1. The highest BCUT2D eigenvalue weighted by Crippen LogP contribution is 2.17. The van der Waals surface area contributed by atoms with E-state index < -0.39 is 0 Å². The first-order valence-electron chi connectivity index (χ1n) is 7.61. The fourth-order valence-corrected chi connectivity index (χ4v) is 2.23. The van der Waals surface area contributed by atoms with Gasteiger partial charge in [-0.3, -0.25) is 4.79 Å². The molecule has 0 aliphatic heterocycles. The van der Waals surface area contributed by atoms with Crippen LogP contribution in [0.5, 0.6) is 0 Å². The van der Waals surface area contributed by atoms with Crippen LogP contribution in [0, 0.1) is 0 Å². The Hall–Kier alpha value is -2.53. The molecule has 0 aliphatic rings. The highest BCUT2D eigenvalue weighted by molar-refractivity contribution is 5.88. The molecule has 5 nitrogen and oxygen atoms in total. The van der Waals surface area contributed by atoms with Gasteiger partial charge >= 0.3 is 0 Å². The largest absolute Gasteiger partial charge is 0.395 e. The molecule has 0 spiro atoms. The van der Waals surface area contributed by atoms with Crippen molar-refractivity contribution in [1.29, 1.82) is 0 Å². The third-order valence-corrected chi connectivity index (χ3v) is 3.51. The molecular weight excluding hydrogens is 290 g/mol. The van der Waals surface area contributed by atoms with Crippen molar-refractivity contribution in [3.63, 3.8) is 0 Å². The quantitative estimate of drug-likeness (QED) is 0.735. The molecule has 1 amide bonds. The molecule has 2 aromatic carbocycles. The average Bonchev–Trinajstić information content (AvgIpc) is 2.54. The van der Waals surface area contributed by atoms with Crippen LogP contribution in [-0.2, 0) is 11.3 Å². The number of nitrogens with zero attached hydrogens (tertiary/aromatic N) is 1. The maximum atomic E-state index is 11.0. The van der Waals surface area contributed by atoms with Crippen molar-refractivity contribution in [2.45, 2.75) is 13.5 Å². The molecule has 0 bridgehead atoms. The first kappa shape index (κ1) is 16.8. The van der Waals surface area contributed by atoms with E-state index >= 15 is 0 Å². The standard InChI is InChI=1S/C18H23N3O2/c1-14(23)20-17-5-3-15(4-6-17)13-19-16-7-9-18(10-8-16)21(2)11-12-22/h3-10,19,22H,11-13H2,1-2H3,(H,20,23). The summed E-state index contributed by atoms with van der Waals surface area (Å²) in [5, 5.41) is 15.1. The van der Waals surface area contributed by atoms with Gasteiger partial charge in [0.05, 0.1) is 6.61 Å². The van der Waals surface area contributed by atoms with Gasteiger partial charge in [0.1, 0.15) is 0 Å². The van der Waals surface area contributed by atoms with E-state index in [2.05, 4.69) is 10.6 Å². The van der Waals surface area contributed by atoms with Gasteiger partial charge in [-0.15, -0.1) is 0 Å². The van der Waals surface area contributed by atoms with Crippen LogP contribution >= 0.6 is 0 Å². The molecule has 0 unspecified atom stereocenters. The number of anilines is 3. The first-order chi connectivity index (χ1) is 11.1. The van der Waals surface area contributed by atoms with E-state index in [1.165, 1.54) is 6.92 Å². The summed E-state index contributed by atoms with van der Waals surface area (Å²) in [6, 6.07) is 15.9. The molecule has 5 heteroatoms. The highest BCUT2D eigenvalue weighted by Gasteiger charge is 2.01. The van der Waals surface area contributed by atoms with Crippen molar-refractivity contribution in [2.75, 3.05) is 35.7 Å². The minimum Gasteiger partial charge on any atom is -0.395 e. The number of hydrogen-bond acceptors (Lipinski definition) is 4. The summed E-state index contributed by atoms with van der Waals surface area (Å²) in [7, 11) is 1.95. The van der Waals surface area contributed by atoms with Gasteiger partial charge in [-0.25, -0.2) is 0 Å². The molecule has 2 aromatic rings. The number of amides is 1. The van der Waals surface area contributed by atoms with Crippen LogP contribution < -0.4 is 15.5 Å². The Balaban J connectivity index is 1.89. The molecule has 0 saturated carbocycles. The second-order valence-electron chi connectivity index (χ2n) is 5.42. The SMILES string of the molecule is CC(=O)Nc1ccc(CNc2ccc(N(C)CCO)cc2)cc1. The average molecular weight is 313 g/mol. The van der Waals surface area contributed by atoms with Crippen molar-refractivity contribution in [3.8, 4) is 0 Å². The summed E-state index contributed by atoms with van der Waals surface area (Å²) in [6.45, 7) is 2.97. The normalized spacial score (nSPS) is 10.2. The summed E-state index contributed by atoms with van der Waals surface area (Å²) >= 11 is 0. The molecule has 0 saturated heterocycles. The van der Waals surface area contributed by atoms with Gasteiger partial charge in [0.2, 0.25) is 5.91 Å². The molecule has 0 atom stereocenters. The molecule has 0 fully saturated rings. The monoisotopic (exact) mass is 313 g/mol. The van der Waals surface area contributed by atoms with E-state index in [-0.39, 0.29) is 12.5 Å². The van der Waals surface area contributed by atoms with E-state index in [1.54, 1.807) is 0 Å². The van der Waals surface area contributed by atoms with Crippen LogP contribution in [0.25, 0.3) is 0 Å². The lowest BCUT2D eigenvalue weighted by molar-refractivity contribution is -0.114. The Morgan fingerprint density at radius 2 is 1.65 bits per heavy atom. The summed E-state index contributed by atoms with van der Waals surface area (Å²) in [6.07, 6.45) is 0. The van der Waals surface area contributed by atoms with Crippen LogP contribution in [0.1, 0.15) is 12.5 Å². The maximum Gasteiger partial charge on any atom is 0.221 e. The molecule has 0 aliphatic carbocycles. The van der Waals surface area contributed by atoms with Gasteiger partial charge < -0.3 is 20.6 Å². The van der Waals surface area contributed by atoms with Gasteiger partial charge in [-0.2, -0.15) is 0 Å². The number of nitrogens with one attached hydrogen (secondary N) is 2. The molecule has 23 heavy (non-hydrogen) atoms. The van der Waals surface area contributed by atoms with Crippen LogP contribution in [0.15, 0.2) is 48.5 Å². The molecule has 0 aromatic heterocycles. The first-order valence-corrected chi connectivity index (χ1v) is 7.61. The van der Waals surface area contributed by atoms with Gasteiger partial charge in [0.15, 0.2) is 0 Å². The second kappa shape index (κ2) is 8.19. The zero-order chi connectivity index (χ0) is 16.7. The molecule has 3 N–H and O–H groups in total. The lowest BCUT2D eigenvalue weighted by Crippen LogP contribution is -2.20. The van der Waals surface area contributed by atoms with Crippen LogP contribution in [0.2, 0.25) is 0 Å². The molecule has 2 rings (SSSR count). The summed E-state index contributed by atoms with van der Waals surface area (Å²) in [4.78, 5) is 13.0. The van der Waals surface area contributed by atoms with E-state index in [9.17, 15) is 4.79 Å². The minimum absolute atomic E-state index is 0.0675. The van der Waals surface area contributed by atoms with Crippen molar-refractivity contribution < 1.29 is 9.90 Å². The number of benzene rings is 2. The number of hydrogen-bond donors (Lipinski definition) is 3. The van der Waals surface area contributed by atoms with E-state index in [1.807, 2.05) is 60.5 Å². The number of carbonyl (C=O) groups is 1. The smallest absolute Gasteiger partial charge is 0.221 e. The van der Waals surface area contributed by atoms with Crippen molar-refractivity contribution in [1.82, 2.24) is 0 Å². The van der Waals surface area contributed by atoms with Crippen LogP contribution in [-0.4, -0.2) is 31.2 Å². The molecule has 122 valence electrons. The molecule has 0 heterocycles. The van der Waals surface area contributed by atoms with E-state index in [0.29, 0.717) is 13.1 Å². The maximum absolute atomic E-state index is 11.0. The predicted molar refractivity (Wildman–Crippen MR) is 94.9 cm³/mol. The highest BCUT2D eigenvalue weighted by atomic mass is 16.3. The summed E-state index contributed by atoms with van der Waals surface area (Å²) in [5.74, 6) is -0.0675.